The van der Waals surface area contributed by atoms with Crippen molar-refractivity contribution in [2.24, 2.45) is 11.7 Å². The molecule has 7 nitrogen and oxygen atoms in total. The number of alkyl carbamates (subject to hydrolysis) is 1. The second-order valence-corrected chi connectivity index (χ2v) is 9.48. The molecule has 0 radical (unpaired) electrons. The van der Waals surface area contributed by atoms with Crippen LogP contribution in [0, 0.1) is 5.92 Å². The highest BCUT2D eigenvalue weighted by molar-refractivity contribution is 6.31. The van der Waals surface area contributed by atoms with Gasteiger partial charge in [0.05, 0.1) is 24.3 Å². The van der Waals surface area contributed by atoms with Crippen LogP contribution >= 0.6 is 11.6 Å². The molecule has 2 aromatic heterocycles. The number of hydrogen-bond donors (Lipinski definition) is 2. The van der Waals surface area contributed by atoms with Gasteiger partial charge >= 0.3 is 6.09 Å². The fourth-order valence-corrected chi connectivity index (χ4v) is 3.93. The second kappa shape index (κ2) is 11.8. The Kier molecular flexibility index (Phi) is 8.82. The number of nitrogens with one attached hydrogen (secondary N) is 1. The molecule has 0 bridgehead atoms. The zero-order chi connectivity index (χ0) is 24.7. The van der Waals surface area contributed by atoms with E-state index in [0.717, 1.165) is 30.6 Å². The van der Waals surface area contributed by atoms with Crippen LogP contribution in [0.1, 0.15) is 50.6 Å². The van der Waals surface area contributed by atoms with Crippen LogP contribution in [0.2, 0.25) is 0 Å². The zero-order valence-corrected chi connectivity index (χ0v) is 20.9. The van der Waals surface area contributed by atoms with Crippen LogP contribution in [0.4, 0.5) is 4.79 Å². The number of nitrogens with zero attached hydrogens (tertiary/aromatic N) is 3. The van der Waals surface area contributed by atoms with Crippen molar-refractivity contribution in [1.82, 2.24) is 19.4 Å². The molecular formula is C26H34ClN5O2. The van der Waals surface area contributed by atoms with Gasteiger partial charge in [0, 0.05) is 36.4 Å². The number of imidazole rings is 1. The van der Waals surface area contributed by atoms with E-state index in [1.165, 1.54) is 10.9 Å². The molecule has 182 valence electrons. The number of fused-ring (bicyclic) bond motifs is 1. The van der Waals surface area contributed by atoms with Crippen molar-refractivity contribution in [2.75, 3.05) is 6.61 Å². The first-order valence-electron chi connectivity index (χ1n) is 11.6. The summed E-state index contributed by atoms with van der Waals surface area (Å²) < 4.78 is 9.57. The third-order valence-corrected chi connectivity index (χ3v) is 5.49. The smallest absolute Gasteiger partial charge is 0.407 e. The molecule has 3 aromatic rings. The zero-order valence-electron chi connectivity index (χ0n) is 20.2. The Labute approximate surface area is 206 Å². The molecule has 0 aliphatic heterocycles. The number of carbonyl (C=O) groups is 1. The number of rotatable bonds is 11. The van der Waals surface area contributed by atoms with Gasteiger partial charge in [0.1, 0.15) is 5.69 Å². The van der Waals surface area contributed by atoms with Crippen LogP contribution in [-0.4, -0.2) is 26.8 Å². The van der Waals surface area contributed by atoms with Crippen molar-refractivity contribution in [2.45, 2.75) is 53.2 Å². The van der Waals surface area contributed by atoms with Crippen LogP contribution in [0.5, 0.6) is 0 Å². The minimum atomic E-state index is -0.414. The highest BCUT2D eigenvalue weighted by Gasteiger charge is 2.11. The monoisotopic (exact) mass is 483 g/mol. The quantitative estimate of drug-likeness (QED) is 0.341. The van der Waals surface area contributed by atoms with E-state index < -0.39 is 6.09 Å². The summed E-state index contributed by atoms with van der Waals surface area (Å²) in [6, 6.07) is 8.37. The fourth-order valence-electron chi connectivity index (χ4n) is 3.82. The molecule has 0 aliphatic carbocycles. The third kappa shape index (κ3) is 6.90. The van der Waals surface area contributed by atoms with Crippen LogP contribution in [0.3, 0.4) is 0 Å². The van der Waals surface area contributed by atoms with Crippen molar-refractivity contribution < 1.29 is 9.53 Å². The van der Waals surface area contributed by atoms with Gasteiger partial charge in [-0.15, -0.1) is 0 Å². The Balaban J connectivity index is 1.43. The lowest BCUT2D eigenvalue weighted by Gasteiger charge is -2.11. The number of carbonyl (C=O) groups excluding carboxylic acids is 1. The van der Waals surface area contributed by atoms with Gasteiger partial charge in [-0.2, -0.15) is 0 Å². The maximum Gasteiger partial charge on any atom is 0.407 e. The van der Waals surface area contributed by atoms with Crippen LogP contribution in [0.15, 0.2) is 48.4 Å². The molecule has 34 heavy (non-hydrogen) atoms. The minimum Gasteiger partial charge on any atom is -0.450 e. The van der Waals surface area contributed by atoms with Gasteiger partial charge in [-0.25, -0.2) is 9.78 Å². The number of amides is 1. The Morgan fingerprint density at radius 3 is 2.79 bits per heavy atom. The summed E-state index contributed by atoms with van der Waals surface area (Å²) in [7, 11) is 0. The highest BCUT2D eigenvalue weighted by atomic mass is 35.5. The number of aryl methyl sites for hydroxylation is 1. The molecule has 2 heterocycles. The highest BCUT2D eigenvalue weighted by Crippen LogP contribution is 2.20. The summed E-state index contributed by atoms with van der Waals surface area (Å²) in [6.45, 7) is 12.4. The van der Waals surface area contributed by atoms with Gasteiger partial charge in [0.2, 0.25) is 0 Å². The summed E-state index contributed by atoms with van der Waals surface area (Å²) >= 11 is 6.04. The summed E-state index contributed by atoms with van der Waals surface area (Å²) in [4.78, 5) is 16.5. The molecule has 0 saturated heterocycles. The molecule has 0 saturated carbocycles. The van der Waals surface area contributed by atoms with Crippen molar-refractivity contribution >= 4 is 40.4 Å². The van der Waals surface area contributed by atoms with E-state index in [9.17, 15) is 4.79 Å². The van der Waals surface area contributed by atoms with Gasteiger partial charge in [-0.05, 0) is 54.8 Å². The summed E-state index contributed by atoms with van der Waals surface area (Å²) in [6.07, 6.45) is 6.78. The molecule has 3 rings (SSSR count). The number of nitrogens with two attached hydrogens (primary N) is 1. The molecule has 0 aliphatic rings. The van der Waals surface area contributed by atoms with Gasteiger partial charge < -0.3 is 24.9 Å². The SMILES string of the molecule is C=C(N)c1ncn(CCCCOC(=O)NCc2ccc3ccn(CC(C)C)c3c2)c1/C=C(\C)Cl. The lowest BCUT2D eigenvalue weighted by atomic mass is 10.1. The number of halogens is 1. The topological polar surface area (TPSA) is 87.1 Å². The maximum atomic E-state index is 12.1. The molecule has 1 aromatic carbocycles. The molecule has 0 spiro atoms. The predicted molar refractivity (Wildman–Crippen MR) is 139 cm³/mol. The molecule has 1 amide bonds. The van der Waals surface area contributed by atoms with E-state index in [-0.39, 0.29) is 0 Å². The number of aromatic nitrogens is 3. The molecule has 0 fully saturated rings. The Morgan fingerprint density at radius 1 is 1.29 bits per heavy atom. The van der Waals surface area contributed by atoms with Crippen molar-refractivity contribution in [1.29, 1.82) is 0 Å². The van der Waals surface area contributed by atoms with E-state index >= 15 is 0 Å². The van der Waals surface area contributed by atoms with Crippen molar-refractivity contribution in [3.05, 3.63) is 65.4 Å². The van der Waals surface area contributed by atoms with E-state index in [1.54, 1.807) is 13.3 Å². The molecular weight excluding hydrogens is 450 g/mol. The van der Waals surface area contributed by atoms with Crippen LogP contribution < -0.4 is 11.1 Å². The Morgan fingerprint density at radius 2 is 2.09 bits per heavy atom. The number of allylic oxidation sites excluding steroid dienone is 1. The predicted octanol–water partition coefficient (Wildman–Crippen LogP) is 5.73. The van der Waals surface area contributed by atoms with Crippen molar-refractivity contribution in [3.63, 3.8) is 0 Å². The maximum absolute atomic E-state index is 12.1. The Hall–Kier alpha value is -3.19. The minimum absolute atomic E-state index is 0.340. The van der Waals surface area contributed by atoms with Gasteiger partial charge in [0.15, 0.2) is 0 Å². The number of unbranched alkanes of at least 4 members (excludes halogenated alkanes) is 1. The van der Waals surface area contributed by atoms with Crippen LogP contribution in [0.25, 0.3) is 22.7 Å². The molecule has 0 atom stereocenters. The molecule has 3 N–H and O–H groups in total. The lowest BCUT2D eigenvalue weighted by Crippen LogP contribution is -2.24. The normalized spacial score (nSPS) is 11.9. The summed E-state index contributed by atoms with van der Waals surface area (Å²) in [5, 5.41) is 4.68. The second-order valence-electron chi connectivity index (χ2n) is 8.88. The van der Waals surface area contributed by atoms with Crippen molar-refractivity contribution in [3.8, 4) is 0 Å². The van der Waals surface area contributed by atoms with Gasteiger partial charge in [0.25, 0.3) is 0 Å². The fraction of sp³-hybridized carbons (Fsp3) is 0.385. The molecule has 8 heteroatoms. The first-order chi connectivity index (χ1) is 16.2. The average molecular weight is 484 g/mol. The largest absolute Gasteiger partial charge is 0.450 e. The number of ether oxygens (including phenoxy) is 1. The standard InChI is InChI=1S/C26H34ClN5O2/c1-18(2)16-31-11-9-22-8-7-21(14-23(22)31)15-29-26(33)34-12-6-5-10-32-17-30-25(20(4)28)24(32)13-19(3)27/h7-9,11,13-14,17-18H,4-6,10,12,15-16,28H2,1-3H3,(H,29,33)/b19-13+. The van der Waals surface area contributed by atoms with E-state index in [2.05, 4.69) is 59.7 Å². The summed E-state index contributed by atoms with van der Waals surface area (Å²) in [5.74, 6) is 0.566. The average Bonchev–Trinajstić information content (AvgIpc) is 3.35. The van der Waals surface area contributed by atoms with Gasteiger partial charge in [-0.1, -0.05) is 44.2 Å². The summed E-state index contributed by atoms with van der Waals surface area (Å²) in [5.41, 5.74) is 9.90. The van der Waals surface area contributed by atoms with E-state index in [1.807, 2.05) is 16.7 Å². The first-order valence-corrected chi connectivity index (χ1v) is 11.9. The van der Waals surface area contributed by atoms with E-state index in [0.29, 0.717) is 42.0 Å². The lowest BCUT2D eigenvalue weighted by molar-refractivity contribution is 0.143. The van der Waals surface area contributed by atoms with E-state index in [4.69, 9.17) is 22.1 Å². The van der Waals surface area contributed by atoms with Crippen LogP contribution in [-0.2, 0) is 24.4 Å². The van der Waals surface area contributed by atoms with Gasteiger partial charge in [-0.3, -0.25) is 0 Å². The third-order valence-electron chi connectivity index (χ3n) is 5.38. The number of hydrogen-bond acceptors (Lipinski definition) is 4. The first kappa shape index (κ1) is 25.4. The molecule has 0 unspecified atom stereocenters. The Bertz CT molecular complexity index is 1170. The number of benzene rings is 1.